The smallest absolute Gasteiger partial charge is 0.123 e. The van der Waals surface area contributed by atoms with Crippen LogP contribution in [0.2, 0.25) is 0 Å². The van der Waals surface area contributed by atoms with Crippen LogP contribution in [0.1, 0.15) is 18.4 Å². The van der Waals surface area contributed by atoms with Crippen LogP contribution in [0.15, 0.2) is 18.2 Å². The summed E-state index contributed by atoms with van der Waals surface area (Å²) in [5.41, 5.74) is 6.61. The van der Waals surface area contributed by atoms with E-state index < -0.39 is 0 Å². The monoisotopic (exact) mass is 236 g/mol. The minimum atomic E-state index is 0.0893. The molecule has 0 heterocycles. The summed E-state index contributed by atoms with van der Waals surface area (Å²) in [7, 11) is 2.03. The Morgan fingerprint density at radius 1 is 1.41 bits per heavy atom. The zero-order valence-electron chi connectivity index (χ0n) is 10.1. The lowest BCUT2D eigenvalue weighted by atomic mass is 10.1. The third kappa shape index (κ3) is 2.90. The van der Waals surface area contributed by atoms with Crippen LogP contribution < -0.4 is 5.73 Å². The molecule has 2 rings (SSSR count). The first-order valence-electron chi connectivity index (χ1n) is 6.03. The number of hydrogen-bond donors (Lipinski definition) is 3. The van der Waals surface area contributed by atoms with E-state index in [4.69, 9.17) is 5.73 Å². The van der Waals surface area contributed by atoms with Gasteiger partial charge in [-0.25, -0.2) is 0 Å². The predicted molar refractivity (Wildman–Crippen MR) is 66.8 cm³/mol. The Hall–Kier alpha value is -1.26. The zero-order valence-corrected chi connectivity index (χ0v) is 10.1. The highest BCUT2D eigenvalue weighted by atomic mass is 16.3. The molecule has 1 aliphatic carbocycles. The van der Waals surface area contributed by atoms with Crippen molar-refractivity contribution in [1.29, 1.82) is 0 Å². The zero-order chi connectivity index (χ0) is 12.4. The predicted octanol–water partition coefficient (Wildman–Crippen LogP) is 1.27. The molecule has 0 bridgehead atoms. The number of hydrogen-bond acceptors (Lipinski definition) is 4. The Labute approximate surface area is 102 Å². The lowest BCUT2D eigenvalue weighted by Crippen LogP contribution is -2.39. The first-order chi connectivity index (χ1) is 8.11. The Balaban J connectivity index is 2.03. The molecule has 0 aliphatic heterocycles. The molecule has 1 atom stereocenters. The average Bonchev–Trinajstić information content (AvgIpc) is 3.08. The Morgan fingerprint density at radius 2 is 2.12 bits per heavy atom. The number of aromatic hydroxyl groups is 2. The molecule has 4 N–H and O–H groups in total. The van der Waals surface area contributed by atoms with Crippen molar-refractivity contribution in [2.75, 3.05) is 13.6 Å². The van der Waals surface area contributed by atoms with E-state index >= 15 is 0 Å². The Bertz CT molecular complexity index is 391. The van der Waals surface area contributed by atoms with E-state index in [-0.39, 0.29) is 11.5 Å². The van der Waals surface area contributed by atoms with Gasteiger partial charge in [-0.1, -0.05) is 6.07 Å². The van der Waals surface area contributed by atoms with E-state index in [0.29, 0.717) is 25.0 Å². The van der Waals surface area contributed by atoms with Gasteiger partial charge < -0.3 is 15.9 Å². The number of benzene rings is 1. The van der Waals surface area contributed by atoms with Crippen LogP contribution in [0.5, 0.6) is 11.5 Å². The number of nitrogens with zero attached hydrogens (tertiary/aromatic N) is 1. The number of rotatable bonds is 5. The molecule has 0 radical (unpaired) electrons. The molecule has 0 spiro atoms. The van der Waals surface area contributed by atoms with Crippen LogP contribution in [0.3, 0.4) is 0 Å². The minimum absolute atomic E-state index is 0.0893. The van der Waals surface area contributed by atoms with Gasteiger partial charge >= 0.3 is 0 Å². The van der Waals surface area contributed by atoms with Crippen molar-refractivity contribution in [3.8, 4) is 11.5 Å². The molecular formula is C13H20N2O2. The first kappa shape index (κ1) is 12.2. The number of nitrogens with two attached hydrogens (primary N) is 1. The molecule has 0 saturated heterocycles. The van der Waals surface area contributed by atoms with Crippen molar-refractivity contribution in [2.45, 2.75) is 25.4 Å². The quantitative estimate of drug-likeness (QED) is 0.720. The van der Waals surface area contributed by atoms with E-state index in [2.05, 4.69) is 4.90 Å². The van der Waals surface area contributed by atoms with Crippen molar-refractivity contribution >= 4 is 0 Å². The van der Waals surface area contributed by atoms with Gasteiger partial charge in [0, 0.05) is 30.8 Å². The van der Waals surface area contributed by atoms with Crippen molar-refractivity contribution in [1.82, 2.24) is 4.90 Å². The lowest BCUT2D eigenvalue weighted by molar-refractivity contribution is 0.213. The van der Waals surface area contributed by atoms with Crippen LogP contribution in [-0.4, -0.2) is 34.7 Å². The van der Waals surface area contributed by atoms with Gasteiger partial charge in [0.25, 0.3) is 0 Å². The molecular weight excluding hydrogens is 216 g/mol. The van der Waals surface area contributed by atoms with Gasteiger partial charge in [0.2, 0.25) is 0 Å². The largest absolute Gasteiger partial charge is 0.508 e. The summed E-state index contributed by atoms with van der Waals surface area (Å²) in [4.78, 5) is 2.18. The first-order valence-corrected chi connectivity index (χ1v) is 6.03. The standard InChI is InChI=1S/C13H20N2O2/c1-15(12(7-14)9-2-3-9)8-10-4-5-11(16)6-13(10)17/h4-6,9,12,16-17H,2-3,7-8,14H2,1H3. The maximum absolute atomic E-state index is 9.73. The van der Waals surface area contributed by atoms with Crippen molar-refractivity contribution in [3.05, 3.63) is 23.8 Å². The van der Waals surface area contributed by atoms with E-state index in [9.17, 15) is 10.2 Å². The topological polar surface area (TPSA) is 69.7 Å². The van der Waals surface area contributed by atoms with E-state index in [1.54, 1.807) is 12.1 Å². The molecule has 1 unspecified atom stereocenters. The third-order valence-corrected chi connectivity index (χ3v) is 3.46. The minimum Gasteiger partial charge on any atom is -0.508 e. The maximum atomic E-state index is 9.73. The van der Waals surface area contributed by atoms with Crippen LogP contribution in [0.25, 0.3) is 0 Å². The fourth-order valence-electron chi connectivity index (χ4n) is 2.29. The molecule has 1 fully saturated rings. The molecule has 1 aliphatic rings. The highest BCUT2D eigenvalue weighted by Crippen LogP contribution is 2.35. The van der Waals surface area contributed by atoms with Gasteiger partial charge in [-0.3, -0.25) is 4.90 Å². The molecule has 1 aromatic carbocycles. The van der Waals surface area contributed by atoms with Gasteiger partial charge in [0.15, 0.2) is 0 Å². The molecule has 17 heavy (non-hydrogen) atoms. The van der Waals surface area contributed by atoms with Gasteiger partial charge in [-0.2, -0.15) is 0 Å². The summed E-state index contributed by atoms with van der Waals surface area (Å²) in [5, 5.41) is 19.0. The highest BCUT2D eigenvalue weighted by molar-refractivity contribution is 5.38. The maximum Gasteiger partial charge on any atom is 0.123 e. The summed E-state index contributed by atoms with van der Waals surface area (Å²) in [5.74, 6) is 0.944. The van der Waals surface area contributed by atoms with E-state index in [0.717, 1.165) is 5.56 Å². The van der Waals surface area contributed by atoms with Crippen molar-refractivity contribution in [2.24, 2.45) is 11.7 Å². The second kappa shape index (κ2) is 4.94. The lowest BCUT2D eigenvalue weighted by Gasteiger charge is -2.27. The average molecular weight is 236 g/mol. The third-order valence-electron chi connectivity index (χ3n) is 3.46. The number of phenolic OH excluding ortho intramolecular Hbond substituents is 2. The second-order valence-electron chi connectivity index (χ2n) is 4.87. The van der Waals surface area contributed by atoms with Gasteiger partial charge in [0.05, 0.1) is 0 Å². The summed E-state index contributed by atoms with van der Waals surface area (Å²) in [6, 6.07) is 5.11. The Kier molecular flexibility index (Phi) is 3.54. The molecule has 1 aromatic rings. The summed E-state index contributed by atoms with van der Waals surface area (Å²) >= 11 is 0. The summed E-state index contributed by atoms with van der Waals surface area (Å²) in [6.45, 7) is 1.31. The summed E-state index contributed by atoms with van der Waals surface area (Å²) in [6.07, 6.45) is 2.52. The number of phenols is 2. The second-order valence-corrected chi connectivity index (χ2v) is 4.87. The Morgan fingerprint density at radius 3 is 2.65 bits per heavy atom. The van der Waals surface area contributed by atoms with Gasteiger partial charge in [-0.05, 0) is 31.9 Å². The van der Waals surface area contributed by atoms with E-state index in [1.807, 2.05) is 7.05 Å². The fourth-order valence-corrected chi connectivity index (χ4v) is 2.29. The van der Waals surface area contributed by atoms with E-state index in [1.165, 1.54) is 18.9 Å². The van der Waals surface area contributed by atoms with Crippen LogP contribution in [-0.2, 0) is 6.54 Å². The van der Waals surface area contributed by atoms with Gasteiger partial charge in [-0.15, -0.1) is 0 Å². The molecule has 4 heteroatoms. The fraction of sp³-hybridized carbons (Fsp3) is 0.538. The summed E-state index contributed by atoms with van der Waals surface area (Å²) < 4.78 is 0. The number of likely N-dealkylation sites (N-methyl/N-ethyl adjacent to an activating group) is 1. The van der Waals surface area contributed by atoms with Crippen molar-refractivity contribution in [3.63, 3.8) is 0 Å². The normalized spacial score (nSPS) is 17.4. The van der Waals surface area contributed by atoms with Gasteiger partial charge in [0.1, 0.15) is 11.5 Å². The molecule has 94 valence electrons. The molecule has 0 amide bonds. The molecule has 1 saturated carbocycles. The van der Waals surface area contributed by atoms with Crippen LogP contribution in [0.4, 0.5) is 0 Å². The molecule has 4 nitrogen and oxygen atoms in total. The van der Waals surface area contributed by atoms with Crippen molar-refractivity contribution < 1.29 is 10.2 Å². The highest BCUT2D eigenvalue weighted by Gasteiger charge is 2.32. The molecule has 0 aromatic heterocycles. The van der Waals surface area contributed by atoms with Crippen LogP contribution in [0, 0.1) is 5.92 Å². The SMILES string of the molecule is CN(Cc1ccc(O)cc1O)C(CN)C1CC1. The van der Waals surface area contributed by atoms with Crippen LogP contribution >= 0.6 is 0 Å².